The average Bonchev–Trinajstić information content (AvgIpc) is 2.96. The van der Waals surface area contributed by atoms with Crippen LogP contribution in [0.15, 0.2) is 77.7 Å². The van der Waals surface area contributed by atoms with E-state index in [2.05, 4.69) is 4.90 Å². The van der Waals surface area contributed by atoms with Crippen molar-refractivity contribution in [3.63, 3.8) is 0 Å². The minimum atomic E-state index is -4.06. The van der Waals surface area contributed by atoms with Crippen molar-refractivity contribution in [2.45, 2.75) is 4.90 Å². The first-order chi connectivity index (χ1) is 17.9. The standard InChI is InChI=1S/C27H31N3O6S/c1-34-22-11-9-21(10-12-22)28-15-17-29(18-16-28)27(31)20-30(37(32,33)24-7-5-4-6-8-24)25-14-13-23(35-2)19-26(25)36-3/h4-14,19H,15-18,20H2,1-3H3. The Labute approximate surface area is 217 Å². The van der Waals surface area contributed by atoms with Crippen molar-refractivity contribution < 1.29 is 27.4 Å². The molecule has 1 heterocycles. The third kappa shape index (κ3) is 5.75. The molecule has 0 bridgehead atoms. The Morgan fingerprint density at radius 3 is 2.03 bits per heavy atom. The molecule has 9 nitrogen and oxygen atoms in total. The normalized spacial score (nSPS) is 13.7. The van der Waals surface area contributed by atoms with Crippen molar-refractivity contribution in [3.8, 4) is 17.2 Å². The molecule has 1 aliphatic rings. The predicted molar refractivity (Wildman–Crippen MR) is 142 cm³/mol. The van der Waals surface area contributed by atoms with Gasteiger partial charge in [0.05, 0.1) is 31.9 Å². The van der Waals surface area contributed by atoms with Gasteiger partial charge in [0.15, 0.2) is 0 Å². The van der Waals surface area contributed by atoms with Crippen LogP contribution in [0.25, 0.3) is 0 Å². The molecule has 0 saturated carbocycles. The van der Waals surface area contributed by atoms with Crippen molar-refractivity contribution in [2.75, 3.05) is 63.3 Å². The zero-order valence-electron chi connectivity index (χ0n) is 21.2. The second-order valence-corrected chi connectivity index (χ2v) is 10.3. The first kappa shape index (κ1) is 26.2. The van der Waals surface area contributed by atoms with E-state index < -0.39 is 10.0 Å². The van der Waals surface area contributed by atoms with Gasteiger partial charge in [0.1, 0.15) is 23.8 Å². The second-order valence-electron chi connectivity index (χ2n) is 8.43. The zero-order chi connectivity index (χ0) is 26.4. The van der Waals surface area contributed by atoms with Gasteiger partial charge in [-0.15, -0.1) is 0 Å². The molecule has 0 unspecified atom stereocenters. The summed E-state index contributed by atoms with van der Waals surface area (Å²) in [6.07, 6.45) is 0. The number of rotatable bonds is 9. The van der Waals surface area contributed by atoms with Crippen LogP contribution in [0, 0.1) is 0 Å². The molecule has 4 rings (SSSR count). The van der Waals surface area contributed by atoms with Crippen LogP contribution in [0.1, 0.15) is 0 Å². The summed E-state index contributed by atoms with van der Waals surface area (Å²) in [4.78, 5) is 17.4. The molecule has 37 heavy (non-hydrogen) atoms. The van der Waals surface area contributed by atoms with Crippen LogP contribution in [0.3, 0.4) is 0 Å². The molecule has 0 aromatic heterocycles. The van der Waals surface area contributed by atoms with E-state index in [0.29, 0.717) is 31.9 Å². The summed E-state index contributed by atoms with van der Waals surface area (Å²) in [5.41, 5.74) is 1.31. The van der Waals surface area contributed by atoms with E-state index in [-0.39, 0.29) is 28.8 Å². The Kier molecular flexibility index (Phi) is 8.08. The number of sulfonamides is 1. The van der Waals surface area contributed by atoms with Gasteiger partial charge < -0.3 is 24.0 Å². The smallest absolute Gasteiger partial charge is 0.264 e. The highest BCUT2D eigenvalue weighted by Crippen LogP contribution is 2.35. The summed E-state index contributed by atoms with van der Waals surface area (Å²) in [5, 5.41) is 0. The molecular weight excluding hydrogens is 494 g/mol. The number of benzene rings is 3. The summed E-state index contributed by atoms with van der Waals surface area (Å²) in [6.45, 7) is 1.86. The maximum atomic E-state index is 13.7. The van der Waals surface area contributed by atoms with Crippen molar-refractivity contribution >= 4 is 27.3 Å². The number of amides is 1. The molecule has 196 valence electrons. The number of hydrogen-bond donors (Lipinski definition) is 0. The van der Waals surface area contributed by atoms with Gasteiger partial charge in [0, 0.05) is 37.9 Å². The lowest BCUT2D eigenvalue weighted by molar-refractivity contribution is -0.129. The third-order valence-corrected chi connectivity index (χ3v) is 8.11. The Hall–Kier alpha value is -3.92. The molecule has 3 aromatic rings. The maximum Gasteiger partial charge on any atom is 0.264 e. The predicted octanol–water partition coefficient (Wildman–Crippen LogP) is 3.26. The number of hydrogen-bond acceptors (Lipinski definition) is 7. The van der Waals surface area contributed by atoms with Crippen molar-refractivity contribution in [1.82, 2.24) is 4.90 Å². The highest BCUT2D eigenvalue weighted by Gasteiger charge is 2.32. The first-order valence-corrected chi connectivity index (χ1v) is 13.3. The number of carbonyl (C=O) groups excluding carboxylic acids is 1. The van der Waals surface area contributed by atoms with E-state index in [0.717, 1.165) is 15.7 Å². The van der Waals surface area contributed by atoms with E-state index >= 15 is 0 Å². The van der Waals surface area contributed by atoms with Crippen molar-refractivity contribution in [3.05, 3.63) is 72.8 Å². The number of carbonyl (C=O) groups is 1. The van der Waals surface area contributed by atoms with Gasteiger partial charge in [-0.3, -0.25) is 9.10 Å². The third-order valence-electron chi connectivity index (χ3n) is 6.34. The van der Waals surface area contributed by atoms with Crippen LogP contribution >= 0.6 is 0 Å². The number of methoxy groups -OCH3 is 3. The number of piperazine rings is 1. The van der Waals surface area contributed by atoms with Gasteiger partial charge in [0.25, 0.3) is 10.0 Å². The molecule has 0 aliphatic carbocycles. The van der Waals surface area contributed by atoms with Gasteiger partial charge in [0.2, 0.25) is 5.91 Å². The average molecular weight is 526 g/mol. The number of anilines is 2. The fraction of sp³-hybridized carbons (Fsp3) is 0.296. The molecule has 3 aromatic carbocycles. The molecule has 1 fully saturated rings. The molecule has 0 spiro atoms. The number of ether oxygens (including phenoxy) is 3. The van der Waals surface area contributed by atoms with E-state index in [4.69, 9.17) is 14.2 Å². The topological polar surface area (TPSA) is 88.6 Å². The Morgan fingerprint density at radius 1 is 0.811 bits per heavy atom. The molecule has 1 saturated heterocycles. The molecule has 10 heteroatoms. The Morgan fingerprint density at radius 2 is 1.43 bits per heavy atom. The van der Waals surface area contributed by atoms with Crippen LogP contribution in [0.5, 0.6) is 17.2 Å². The number of nitrogens with zero attached hydrogens (tertiary/aromatic N) is 3. The largest absolute Gasteiger partial charge is 0.497 e. The monoisotopic (exact) mass is 525 g/mol. The van der Waals surface area contributed by atoms with Crippen molar-refractivity contribution in [1.29, 1.82) is 0 Å². The van der Waals surface area contributed by atoms with Crippen molar-refractivity contribution in [2.24, 2.45) is 0 Å². The molecule has 1 amide bonds. The van der Waals surface area contributed by atoms with E-state index in [9.17, 15) is 13.2 Å². The Balaban J connectivity index is 1.56. The molecule has 0 radical (unpaired) electrons. The summed E-state index contributed by atoms with van der Waals surface area (Å²) in [6, 6.07) is 20.7. The van der Waals surface area contributed by atoms with E-state index in [1.165, 1.54) is 26.4 Å². The molecule has 1 aliphatic heterocycles. The molecular formula is C27H31N3O6S. The highest BCUT2D eigenvalue weighted by atomic mass is 32.2. The molecule has 0 atom stereocenters. The van der Waals surface area contributed by atoms with Gasteiger partial charge in [-0.2, -0.15) is 0 Å². The summed E-state index contributed by atoms with van der Waals surface area (Å²) in [7, 11) is 0.536. The van der Waals surface area contributed by atoms with E-state index in [1.54, 1.807) is 48.4 Å². The minimum Gasteiger partial charge on any atom is -0.497 e. The first-order valence-electron chi connectivity index (χ1n) is 11.8. The maximum absolute atomic E-state index is 13.7. The fourth-order valence-corrected chi connectivity index (χ4v) is 5.69. The lowest BCUT2D eigenvalue weighted by atomic mass is 10.2. The highest BCUT2D eigenvalue weighted by molar-refractivity contribution is 7.92. The Bertz CT molecular complexity index is 1310. The summed E-state index contributed by atoms with van der Waals surface area (Å²) < 4.78 is 44.5. The lowest BCUT2D eigenvalue weighted by Crippen LogP contribution is -2.52. The van der Waals surface area contributed by atoms with Gasteiger partial charge in [-0.05, 0) is 48.5 Å². The van der Waals surface area contributed by atoms with Crippen LogP contribution in [0.4, 0.5) is 11.4 Å². The van der Waals surface area contributed by atoms with Crippen LogP contribution in [0.2, 0.25) is 0 Å². The molecule has 0 N–H and O–H groups in total. The summed E-state index contributed by atoms with van der Waals surface area (Å²) in [5.74, 6) is 1.30. The second kappa shape index (κ2) is 11.4. The van der Waals surface area contributed by atoms with Gasteiger partial charge in [-0.1, -0.05) is 18.2 Å². The fourth-order valence-electron chi connectivity index (χ4n) is 4.24. The van der Waals surface area contributed by atoms with Gasteiger partial charge in [-0.25, -0.2) is 8.42 Å². The zero-order valence-corrected chi connectivity index (χ0v) is 22.0. The SMILES string of the molecule is COc1ccc(N2CCN(C(=O)CN(c3ccc(OC)cc3OC)S(=O)(=O)c3ccccc3)CC2)cc1. The summed E-state index contributed by atoms with van der Waals surface area (Å²) >= 11 is 0. The minimum absolute atomic E-state index is 0.0880. The quantitative estimate of drug-likeness (QED) is 0.424. The van der Waals surface area contributed by atoms with Crippen LogP contribution in [-0.2, 0) is 14.8 Å². The lowest BCUT2D eigenvalue weighted by Gasteiger charge is -2.37. The van der Waals surface area contributed by atoms with Gasteiger partial charge >= 0.3 is 0 Å². The van der Waals surface area contributed by atoms with Crippen LogP contribution in [-0.4, -0.2) is 73.3 Å². The van der Waals surface area contributed by atoms with Crippen LogP contribution < -0.4 is 23.4 Å². The van der Waals surface area contributed by atoms with E-state index in [1.807, 2.05) is 24.3 Å².